The summed E-state index contributed by atoms with van der Waals surface area (Å²) in [7, 11) is -2.64. The van der Waals surface area contributed by atoms with Gasteiger partial charge in [0.1, 0.15) is 12.3 Å². The number of methoxy groups -OCH3 is 1. The molecule has 3 aromatic carbocycles. The van der Waals surface area contributed by atoms with Crippen LogP contribution in [0, 0.1) is 6.92 Å². The van der Waals surface area contributed by atoms with Crippen LogP contribution in [0.15, 0.2) is 77.7 Å². The van der Waals surface area contributed by atoms with Crippen LogP contribution in [0.1, 0.15) is 24.1 Å². The smallest absolute Gasteiger partial charge is 0.264 e. The van der Waals surface area contributed by atoms with E-state index in [4.69, 9.17) is 16.3 Å². The number of hydrogen-bond acceptors (Lipinski definition) is 4. The van der Waals surface area contributed by atoms with Gasteiger partial charge in [-0.1, -0.05) is 59.6 Å². The van der Waals surface area contributed by atoms with Crippen LogP contribution in [-0.2, 0) is 14.8 Å². The molecule has 0 saturated heterocycles. The van der Waals surface area contributed by atoms with Gasteiger partial charge in [0.05, 0.1) is 23.7 Å². The third-order valence-corrected chi connectivity index (χ3v) is 6.99. The summed E-state index contributed by atoms with van der Waals surface area (Å²) < 4.78 is 33.4. The zero-order chi connectivity index (χ0) is 23.3. The zero-order valence-electron chi connectivity index (χ0n) is 18.1. The van der Waals surface area contributed by atoms with Gasteiger partial charge in [0.2, 0.25) is 5.91 Å². The maximum atomic E-state index is 13.5. The van der Waals surface area contributed by atoms with Gasteiger partial charge in [-0.15, -0.1) is 0 Å². The van der Waals surface area contributed by atoms with Crippen molar-refractivity contribution in [1.82, 2.24) is 5.32 Å². The van der Waals surface area contributed by atoms with E-state index in [9.17, 15) is 13.2 Å². The van der Waals surface area contributed by atoms with Crippen LogP contribution in [0.5, 0.6) is 5.75 Å². The molecule has 0 aliphatic rings. The number of amides is 1. The normalized spacial score (nSPS) is 12.1. The average Bonchev–Trinajstić information content (AvgIpc) is 2.78. The van der Waals surface area contributed by atoms with Gasteiger partial charge in [-0.3, -0.25) is 9.10 Å². The number of anilines is 1. The molecule has 3 aromatic rings. The second-order valence-electron chi connectivity index (χ2n) is 7.34. The third kappa shape index (κ3) is 5.41. The minimum absolute atomic E-state index is 0.0569. The Kier molecular flexibility index (Phi) is 7.43. The Labute approximate surface area is 193 Å². The van der Waals surface area contributed by atoms with E-state index in [1.807, 2.05) is 38.1 Å². The lowest BCUT2D eigenvalue weighted by Crippen LogP contribution is -2.41. The van der Waals surface area contributed by atoms with Crippen molar-refractivity contribution >= 4 is 33.2 Å². The number of halogens is 1. The van der Waals surface area contributed by atoms with E-state index in [1.165, 1.54) is 25.3 Å². The molecule has 0 aromatic heterocycles. The van der Waals surface area contributed by atoms with Crippen molar-refractivity contribution < 1.29 is 17.9 Å². The zero-order valence-corrected chi connectivity index (χ0v) is 19.7. The fraction of sp³-hybridized carbons (Fsp3) is 0.208. The second-order valence-corrected chi connectivity index (χ2v) is 9.64. The van der Waals surface area contributed by atoms with E-state index in [0.29, 0.717) is 5.02 Å². The van der Waals surface area contributed by atoms with Crippen LogP contribution in [0.2, 0.25) is 5.02 Å². The molecule has 1 amide bonds. The van der Waals surface area contributed by atoms with Crippen molar-refractivity contribution in [1.29, 1.82) is 0 Å². The first-order valence-electron chi connectivity index (χ1n) is 9.99. The average molecular weight is 473 g/mol. The lowest BCUT2D eigenvalue weighted by molar-refractivity contribution is -0.120. The van der Waals surface area contributed by atoms with Crippen molar-refractivity contribution in [2.45, 2.75) is 24.8 Å². The highest BCUT2D eigenvalue weighted by molar-refractivity contribution is 7.92. The molecule has 1 atom stereocenters. The molecule has 0 aliphatic heterocycles. The number of nitrogens with zero attached hydrogens (tertiary/aromatic N) is 1. The molecule has 0 heterocycles. The van der Waals surface area contributed by atoms with E-state index in [-0.39, 0.29) is 22.4 Å². The van der Waals surface area contributed by atoms with Crippen LogP contribution in [0.25, 0.3) is 0 Å². The summed E-state index contributed by atoms with van der Waals surface area (Å²) >= 11 is 6.15. The van der Waals surface area contributed by atoms with Crippen LogP contribution in [-0.4, -0.2) is 28.0 Å². The summed E-state index contributed by atoms with van der Waals surface area (Å²) in [6.45, 7) is 3.39. The van der Waals surface area contributed by atoms with Crippen LogP contribution < -0.4 is 14.4 Å². The summed E-state index contributed by atoms with van der Waals surface area (Å²) in [6.07, 6.45) is 0. The predicted molar refractivity (Wildman–Crippen MR) is 127 cm³/mol. The van der Waals surface area contributed by atoms with Gasteiger partial charge in [0, 0.05) is 5.02 Å². The highest BCUT2D eigenvalue weighted by Crippen LogP contribution is 2.34. The molecule has 32 heavy (non-hydrogen) atoms. The number of rotatable bonds is 8. The summed E-state index contributed by atoms with van der Waals surface area (Å²) in [5, 5.41) is 3.19. The van der Waals surface area contributed by atoms with E-state index >= 15 is 0 Å². The number of ether oxygens (including phenoxy) is 1. The summed E-state index contributed by atoms with van der Waals surface area (Å²) in [5.74, 6) is -0.173. The first kappa shape index (κ1) is 23.6. The molecule has 0 fully saturated rings. The Morgan fingerprint density at radius 2 is 1.72 bits per heavy atom. The highest BCUT2D eigenvalue weighted by Gasteiger charge is 2.30. The Morgan fingerprint density at radius 3 is 2.34 bits per heavy atom. The van der Waals surface area contributed by atoms with Gasteiger partial charge in [-0.2, -0.15) is 0 Å². The largest absolute Gasteiger partial charge is 0.495 e. The third-order valence-electron chi connectivity index (χ3n) is 4.98. The van der Waals surface area contributed by atoms with Gasteiger partial charge in [-0.05, 0) is 49.7 Å². The fourth-order valence-electron chi connectivity index (χ4n) is 3.23. The van der Waals surface area contributed by atoms with Crippen LogP contribution >= 0.6 is 11.6 Å². The van der Waals surface area contributed by atoms with Crippen molar-refractivity contribution in [2.24, 2.45) is 0 Å². The fourth-order valence-corrected chi connectivity index (χ4v) is 4.84. The van der Waals surface area contributed by atoms with Gasteiger partial charge in [0.25, 0.3) is 10.0 Å². The number of hydrogen-bond donors (Lipinski definition) is 1. The summed E-state index contributed by atoms with van der Waals surface area (Å²) in [4.78, 5) is 13.0. The lowest BCUT2D eigenvalue weighted by Gasteiger charge is -2.26. The van der Waals surface area contributed by atoms with Crippen LogP contribution in [0.3, 0.4) is 0 Å². The second kappa shape index (κ2) is 10.1. The first-order valence-corrected chi connectivity index (χ1v) is 11.8. The molecule has 0 bridgehead atoms. The van der Waals surface area contributed by atoms with E-state index in [0.717, 1.165) is 15.4 Å². The standard InChI is InChI=1S/C24H25ClN2O4S/c1-17-9-11-19(12-10-17)18(2)26-24(28)16-27(22-15-20(25)13-14-23(22)31-3)32(29,30)21-7-5-4-6-8-21/h4-15,18H,16H2,1-3H3,(H,26,28). The number of nitrogens with one attached hydrogen (secondary N) is 1. The molecular formula is C24H25ClN2O4S. The number of carbonyl (C=O) groups excluding carboxylic acids is 1. The lowest BCUT2D eigenvalue weighted by atomic mass is 10.1. The predicted octanol–water partition coefficient (Wildman–Crippen LogP) is 4.73. The molecule has 0 aliphatic carbocycles. The topological polar surface area (TPSA) is 75.7 Å². The van der Waals surface area contributed by atoms with Gasteiger partial charge < -0.3 is 10.1 Å². The Bertz CT molecular complexity index is 1180. The van der Waals surface area contributed by atoms with E-state index in [1.54, 1.807) is 30.3 Å². The maximum absolute atomic E-state index is 13.5. The SMILES string of the molecule is COc1ccc(Cl)cc1N(CC(=O)NC(C)c1ccc(C)cc1)S(=O)(=O)c1ccccc1. The Morgan fingerprint density at radius 1 is 1.06 bits per heavy atom. The molecule has 168 valence electrons. The van der Waals surface area contributed by atoms with Crippen LogP contribution in [0.4, 0.5) is 5.69 Å². The van der Waals surface area contributed by atoms with E-state index < -0.39 is 22.5 Å². The van der Waals surface area contributed by atoms with Crippen molar-refractivity contribution in [3.8, 4) is 5.75 Å². The van der Waals surface area contributed by atoms with Crippen molar-refractivity contribution in [2.75, 3.05) is 18.0 Å². The Hall–Kier alpha value is -3.03. The highest BCUT2D eigenvalue weighted by atomic mass is 35.5. The van der Waals surface area contributed by atoms with Gasteiger partial charge in [0.15, 0.2) is 0 Å². The maximum Gasteiger partial charge on any atom is 0.264 e. The minimum Gasteiger partial charge on any atom is -0.495 e. The molecule has 0 saturated carbocycles. The quantitative estimate of drug-likeness (QED) is 0.514. The molecule has 3 rings (SSSR count). The molecule has 0 radical (unpaired) electrons. The van der Waals surface area contributed by atoms with Crippen molar-refractivity contribution in [3.63, 3.8) is 0 Å². The monoisotopic (exact) mass is 472 g/mol. The minimum atomic E-state index is -4.07. The summed E-state index contributed by atoms with van der Waals surface area (Å²) in [6, 6.07) is 20.0. The Balaban J connectivity index is 1.95. The molecule has 6 nitrogen and oxygen atoms in total. The number of benzene rings is 3. The first-order chi connectivity index (χ1) is 15.2. The molecule has 0 spiro atoms. The summed E-state index contributed by atoms with van der Waals surface area (Å²) in [5.41, 5.74) is 2.21. The van der Waals surface area contributed by atoms with Gasteiger partial charge >= 0.3 is 0 Å². The molecule has 1 unspecified atom stereocenters. The van der Waals surface area contributed by atoms with Crippen molar-refractivity contribution in [3.05, 3.63) is 88.9 Å². The molecule has 8 heteroatoms. The number of aryl methyl sites for hydroxylation is 1. The van der Waals surface area contributed by atoms with Gasteiger partial charge in [-0.25, -0.2) is 8.42 Å². The van der Waals surface area contributed by atoms with E-state index in [2.05, 4.69) is 5.32 Å². The molecular weight excluding hydrogens is 448 g/mol. The number of sulfonamides is 1. The number of carbonyl (C=O) groups is 1. The molecule has 1 N–H and O–H groups in total.